The number of allylic oxidation sites excluding steroid dienone is 1. The Labute approximate surface area is 155 Å². The summed E-state index contributed by atoms with van der Waals surface area (Å²) >= 11 is 0. The fraction of sp³-hybridized carbons (Fsp3) is 0.842. The molecule has 2 aliphatic carbocycles. The van der Waals surface area contributed by atoms with Gasteiger partial charge in [-0.25, -0.2) is 0 Å². The van der Waals surface area contributed by atoms with Gasteiger partial charge in [0.15, 0.2) is 0 Å². The Balaban J connectivity index is 2.21. The van der Waals surface area contributed by atoms with Gasteiger partial charge in [-0.15, -0.1) is 0 Å². The maximum atomic E-state index is 12.8. The van der Waals surface area contributed by atoms with E-state index in [0.717, 1.165) is 25.3 Å². The van der Waals surface area contributed by atoms with Crippen molar-refractivity contribution in [2.24, 2.45) is 22.7 Å². The topological polar surface area (TPSA) is 37.3 Å². The standard InChI is InChI=1S/C19H26F6O2/c1-15(2,9-5-11-17(27,18(20,21)22)19(23,24)25)14-8-7-12-13(26)6-4-10-16(12,14)3/h5,11-12,14,27H,4,6-10H2,1-3H3/b11-5+. The highest BCUT2D eigenvalue weighted by Gasteiger charge is 2.69. The van der Waals surface area contributed by atoms with Gasteiger partial charge in [-0.1, -0.05) is 26.8 Å². The zero-order chi connectivity index (χ0) is 20.9. The van der Waals surface area contributed by atoms with Crippen molar-refractivity contribution >= 4 is 5.78 Å². The minimum Gasteiger partial charge on any atom is -0.370 e. The van der Waals surface area contributed by atoms with Crippen molar-refractivity contribution in [1.82, 2.24) is 0 Å². The van der Waals surface area contributed by atoms with Gasteiger partial charge in [-0.3, -0.25) is 4.79 Å². The van der Waals surface area contributed by atoms with Crippen LogP contribution < -0.4 is 0 Å². The summed E-state index contributed by atoms with van der Waals surface area (Å²) < 4.78 is 76.7. The number of aliphatic hydroxyl groups is 1. The Bertz CT molecular complexity index is 590. The molecular formula is C19H26F6O2. The van der Waals surface area contributed by atoms with Gasteiger partial charge in [0.25, 0.3) is 5.60 Å². The Morgan fingerprint density at radius 1 is 1.11 bits per heavy atom. The second-order valence-electron chi connectivity index (χ2n) is 8.87. The summed E-state index contributed by atoms with van der Waals surface area (Å²) in [7, 11) is 0. The fourth-order valence-corrected chi connectivity index (χ4v) is 5.24. The first-order valence-electron chi connectivity index (χ1n) is 9.12. The summed E-state index contributed by atoms with van der Waals surface area (Å²) in [6.45, 7) is 5.61. The molecule has 2 saturated carbocycles. The number of halogens is 6. The van der Waals surface area contributed by atoms with E-state index in [9.17, 15) is 36.2 Å². The third-order valence-corrected chi connectivity index (χ3v) is 6.67. The number of fused-ring (bicyclic) bond motifs is 1. The molecule has 0 bridgehead atoms. The van der Waals surface area contributed by atoms with Crippen LogP contribution in [0.4, 0.5) is 26.3 Å². The van der Waals surface area contributed by atoms with Crippen molar-refractivity contribution in [2.45, 2.75) is 77.2 Å². The Kier molecular flexibility index (Phi) is 5.58. The van der Waals surface area contributed by atoms with Crippen LogP contribution in [0.25, 0.3) is 0 Å². The van der Waals surface area contributed by atoms with Crippen molar-refractivity contribution in [2.75, 3.05) is 0 Å². The third kappa shape index (κ3) is 3.78. The van der Waals surface area contributed by atoms with Crippen LogP contribution in [-0.4, -0.2) is 28.8 Å². The molecule has 0 aromatic carbocycles. The average molecular weight is 400 g/mol. The number of hydrogen-bond donors (Lipinski definition) is 1. The number of rotatable bonds is 4. The first kappa shape index (κ1) is 22.2. The predicted molar refractivity (Wildman–Crippen MR) is 87.8 cm³/mol. The second-order valence-corrected chi connectivity index (χ2v) is 8.87. The lowest BCUT2D eigenvalue weighted by molar-refractivity contribution is -0.347. The van der Waals surface area contributed by atoms with Crippen molar-refractivity contribution in [3.63, 3.8) is 0 Å². The number of carbonyl (C=O) groups is 1. The molecule has 0 spiro atoms. The molecule has 2 rings (SSSR count). The van der Waals surface area contributed by atoms with E-state index in [1.165, 1.54) is 0 Å². The van der Waals surface area contributed by atoms with Crippen LogP contribution in [0.1, 0.15) is 59.3 Å². The van der Waals surface area contributed by atoms with E-state index in [4.69, 9.17) is 0 Å². The molecule has 0 amide bonds. The maximum Gasteiger partial charge on any atom is 0.429 e. The quantitative estimate of drug-likeness (QED) is 0.493. The monoisotopic (exact) mass is 400 g/mol. The van der Waals surface area contributed by atoms with Gasteiger partial charge in [0.2, 0.25) is 0 Å². The number of alkyl halides is 6. The summed E-state index contributed by atoms with van der Waals surface area (Å²) in [6, 6.07) is 0. The summed E-state index contributed by atoms with van der Waals surface area (Å²) in [6.07, 6.45) is -7.61. The van der Waals surface area contributed by atoms with Crippen LogP contribution in [0.2, 0.25) is 0 Å². The summed E-state index contributed by atoms with van der Waals surface area (Å²) in [4.78, 5) is 12.2. The molecule has 8 heteroatoms. The van der Waals surface area contributed by atoms with Crippen molar-refractivity contribution in [3.05, 3.63) is 12.2 Å². The van der Waals surface area contributed by atoms with Crippen LogP contribution in [0.5, 0.6) is 0 Å². The Morgan fingerprint density at radius 2 is 1.67 bits per heavy atom. The van der Waals surface area contributed by atoms with Gasteiger partial charge < -0.3 is 5.11 Å². The third-order valence-electron chi connectivity index (χ3n) is 6.67. The largest absolute Gasteiger partial charge is 0.429 e. The molecule has 1 N–H and O–H groups in total. The van der Waals surface area contributed by atoms with E-state index in [1.54, 1.807) is 13.8 Å². The second kappa shape index (κ2) is 6.78. The van der Waals surface area contributed by atoms with Crippen LogP contribution in [0, 0.1) is 22.7 Å². The molecule has 156 valence electrons. The zero-order valence-corrected chi connectivity index (χ0v) is 15.7. The molecule has 0 aromatic rings. The molecular weight excluding hydrogens is 374 g/mol. The summed E-state index contributed by atoms with van der Waals surface area (Å²) in [5.74, 6) is 0.136. The highest BCUT2D eigenvalue weighted by Crippen LogP contribution is 2.60. The van der Waals surface area contributed by atoms with E-state index >= 15 is 0 Å². The minimum atomic E-state index is -5.86. The first-order valence-corrected chi connectivity index (χ1v) is 9.12. The highest BCUT2D eigenvalue weighted by molar-refractivity contribution is 5.83. The molecule has 27 heavy (non-hydrogen) atoms. The van der Waals surface area contributed by atoms with Gasteiger partial charge in [0, 0.05) is 12.3 Å². The highest BCUT2D eigenvalue weighted by atomic mass is 19.4. The van der Waals surface area contributed by atoms with Crippen molar-refractivity contribution < 1.29 is 36.2 Å². The Morgan fingerprint density at radius 3 is 2.19 bits per heavy atom. The van der Waals surface area contributed by atoms with Gasteiger partial charge in [0.05, 0.1) is 0 Å². The molecule has 3 atom stereocenters. The SMILES string of the molecule is CC(C)(C/C=C/C(O)(C(F)(F)F)C(F)(F)F)C1CCC2C(=O)CCCC21C. The molecule has 2 nitrogen and oxygen atoms in total. The normalized spacial score (nSPS) is 30.8. The molecule has 3 unspecified atom stereocenters. The number of ketones is 1. The smallest absolute Gasteiger partial charge is 0.370 e. The molecule has 0 heterocycles. The van der Waals surface area contributed by atoms with E-state index < -0.39 is 23.4 Å². The number of hydrogen-bond acceptors (Lipinski definition) is 2. The molecule has 0 radical (unpaired) electrons. The van der Waals surface area contributed by atoms with Gasteiger partial charge in [0.1, 0.15) is 5.78 Å². The number of Topliss-reactive ketones (excluding diaryl/α,β-unsaturated/α-hetero) is 1. The predicted octanol–water partition coefficient (Wildman–Crippen LogP) is 5.60. The van der Waals surface area contributed by atoms with Crippen molar-refractivity contribution in [3.8, 4) is 0 Å². The summed E-state index contributed by atoms with van der Waals surface area (Å²) in [5.41, 5.74) is -5.74. The lowest BCUT2D eigenvalue weighted by Crippen LogP contribution is -2.55. The first-order chi connectivity index (χ1) is 12.1. The average Bonchev–Trinajstić information content (AvgIpc) is 2.84. The summed E-state index contributed by atoms with van der Waals surface area (Å²) in [5, 5.41) is 9.24. The molecule has 0 saturated heterocycles. The van der Waals surface area contributed by atoms with E-state index in [-0.39, 0.29) is 35.5 Å². The van der Waals surface area contributed by atoms with Crippen LogP contribution in [-0.2, 0) is 4.79 Å². The maximum absolute atomic E-state index is 12.8. The minimum absolute atomic E-state index is 0.00812. The molecule has 0 aliphatic heterocycles. The molecule has 2 aliphatic rings. The van der Waals surface area contributed by atoms with E-state index in [1.807, 2.05) is 6.92 Å². The molecule has 2 fully saturated rings. The molecule has 0 aromatic heterocycles. The fourth-order valence-electron chi connectivity index (χ4n) is 5.24. The number of carbonyl (C=O) groups excluding carboxylic acids is 1. The Hall–Kier alpha value is -1.05. The van der Waals surface area contributed by atoms with Crippen LogP contribution in [0.15, 0.2) is 12.2 Å². The van der Waals surface area contributed by atoms with Crippen LogP contribution in [0.3, 0.4) is 0 Å². The van der Waals surface area contributed by atoms with Gasteiger partial charge in [-0.2, -0.15) is 26.3 Å². The van der Waals surface area contributed by atoms with Crippen LogP contribution >= 0.6 is 0 Å². The van der Waals surface area contributed by atoms with E-state index in [2.05, 4.69) is 0 Å². The van der Waals surface area contributed by atoms with Gasteiger partial charge >= 0.3 is 12.4 Å². The lowest BCUT2D eigenvalue weighted by atomic mass is 9.58. The van der Waals surface area contributed by atoms with E-state index in [0.29, 0.717) is 12.8 Å². The van der Waals surface area contributed by atoms with Gasteiger partial charge in [-0.05, 0) is 54.9 Å². The van der Waals surface area contributed by atoms with Crippen molar-refractivity contribution in [1.29, 1.82) is 0 Å². The zero-order valence-electron chi connectivity index (χ0n) is 15.7. The lowest BCUT2D eigenvalue weighted by Gasteiger charge is -2.46.